The predicted molar refractivity (Wildman–Crippen MR) is 121 cm³/mol. The van der Waals surface area contributed by atoms with E-state index in [0.717, 1.165) is 12.3 Å². The van der Waals surface area contributed by atoms with Crippen LogP contribution in [0.15, 0.2) is 18.3 Å². The zero-order valence-corrected chi connectivity index (χ0v) is 20.0. The van der Waals surface area contributed by atoms with Crippen molar-refractivity contribution in [1.29, 1.82) is 0 Å². The van der Waals surface area contributed by atoms with Gasteiger partial charge in [0.2, 0.25) is 16.0 Å². The van der Waals surface area contributed by atoms with E-state index in [0.29, 0.717) is 82.1 Å². The van der Waals surface area contributed by atoms with Crippen LogP contribution in [-0.2, 0) is 17.1 Å². The van der Waals surface area contributed by atoms with Crippen molar-refractivity contribution < 1.29 is 31.1 Å². The average molecular weight is 538 g/mol. The van der Waals surface area contributed by atoms with Crippen LogP contribution in [0.4, 0.5) is 37.2 Å². The maximum absolute atomic E-state index is 12.8. The molecule has 15 heteroatoms. The Bertz CT molecular complexity index is 1030. The maximum atomic E-state index is 12.8. The van der Waals surface area contributed by atoms with Gasteiger partial charge in [-0.25, -0.2) is 0 Å². The second-order valence-electron chi connectivity index (χ2n) is 8.69. The van der Waals surface area contributed by atoms with E-state index in [4.69, 9.17) is 0 Å². The minimum atomic E-state index is -4.51. The minimum absolute atomic E-state index is 0.0121. The third-order valence-corrected chi connectivity index (χ3v) is 7.24. The number of piperidine rings is 1. The van der Waals surface area contributed by atoms with Gasteiger partial charge in [-0.05, 0) is 25.0 Å². The van der Waals surface area contributed by atoms with Crippen LogP contribution >= 0.6 is 11.3 Å². The number of anilines is 2. The summed E-state index contributed by atoms with van der Waals surface area (Å²) in [5, 5.41) is 9.26. The highest BCUT2D eigenvalue weighted by Crippen LogP contribution is 2.34. The Balaban J connectivity index is 1.16. The summed E-state index contributed by atoms with van der Waals surface area (Å²) in [5.41, 5.74) is -0.597. The van der Waals surface area contributed by atoms with Gasteiger partial charge in [-0.2, -0.15) is 26.3 Å². The molecule has 2 aromatic rings. The first-order valence-corrected chi connectivity index (χ1v) is 12.3. The molecular weight excluding hydrogens is 512 g/mol. The number of rotatable bonds is 6. The number of carbonyl (C=O) groups excluding carboxylic acids is 1. The summed E-state index contributed by atoms with van der Waals surface area (Å²) in [6.07, 6.45) is -6.32. The first-order chi connectivity index (χ1) is 17.0. The Morgan fingerprint density at radius 1 is 1.00 bits per heavy atom. The fourth-order valence-electron chi connectivity index (χ4n) is 4.22. The predicted octanol–water partition coefficient (Wildman–Crippen LogP) is 3.59. The van der Waals surface area contributed by atoms with Gasteiger partial charge in [0.15, 0.2) is 0 Å². The second kappa shape index (κ2) is 10.7. The summed E-state index contributed by atoms with van der Waals surface area (Å²) in [5.74, 6) is 0.0121. The van der Waals surface area contributed by atoms with Gasteiger partial charge in [0.05, 0.1) is 0 Å². The van der Waals surface area contributed by atoms with Gasteiger partial charge in [-0.3, -0.25) is 14.7 Å². The molecule has 4 rings (SSSR count). The van der Waals surface area contributed by atoms with E-state index in [1.165, 1.54) is 6.07 Å². The lowest BCUT2D eigenvalue weighted by Crippen LogP contribution is -2.48. The van der Waals surface area contributed by atoms with Gasteiger partial charge in [-0.15, -0.1) is 10.2 Å². The fourth-order valence-corrected chi connectivity index (χ4v) is 4.98. The van der Waals surface area contributed by atoms with Crippen LogP contribution in [0.25, 0.3) is 0 Å². The Morgan fingerprint density at radius 2 is 1.69 bits per heavy atom. The number of halogens is 6. The molecule has 0 aromatic carbocycles. The monoisotopic (exact) mass is 537 g/mol. The number of nitrogens with one attached hydrogen (secondary N) is 1. The first kappa shape index (κ1) is 26.4. The van der Waals surface area contributed by atoms with Crippen molar-refractivity contribution in [1.82, 2.24) is 25.0 Å². The molecule has 1 N–H and O–H groups in total. The number of hydrogen-bond donors (Lipinski definition) is 1. The van der Waals surface area contributed by atoms with Crippen LogP contribution < -0.4 is 10.2 Å². The van der Waals surface area contributed by atoms with Crippen LogP contribution in [0.5, 0.6) is 0 Å². The molecular formula is C21H25F6N7OS. The highest BCUT2D eigenvalue weighted by atomic mass is 32.1. The van der Waals surface area contributed by atoms with Crippen molar-refractivity contribution in [3.05, 3.63) is 29.0 Å². The van der Waals surface area contributed by atoms with E-state index < -0.39 is 23.1 Å². The third-order valence-electron chi connectivity index (χ3n) is 6.21. The van der Waals surface area contributed by atoms with Crippen LogP contribution in [0.3, 0.4) is 0 Å². The number of amides is 1. The van der Waals surface area contributed by atoms with Crippen molar-refractivity contribution in [3.63, 3.8) is 0 Å². The molecule has 2 aromatic heterocycles. The molecule has 4 heterocycles. The standard InChI is InChI=1S/C21H25F6N7OS/c22-20(23,24)16-13-15(1-5-28-16)29-14-2-7-33(8-3-14)17(35)4-6-32-9-11-34(12-10-32)19-31-30-18(36-19)21(25,26)27/h1,5,13-14H,2-4,6-12H2,(H,28,29). The zero-order valence-electron chi connectivity index (χ0n) is 19.1. The lowest BCUT2D eigenvalue weighted by Gasteiger charge is -2.35. The van der Waals surface area contributed by atoms with Gasteiger partial charge >= 0.3 is 12.4 Å². The molecule has 0 spiro atoms. The Kier molecular flexibility index (Phi) is 7.87. The number of aromatic nitrogens is 3. The van der Waals surface area contributed by atoms with Crippen molar-refractivity contribution in [2.45, 2.75) is 37.7 Å². The summed E-state index contributed by atoms with van der Waals surface area (Å²) in [6, 6.07) is 2.44. The van der Waals surface area contributed by atoms with Gasteiger partial charge in [0.1, 0.15) is 5.69 Å². The average Bonchev–Trinajstić information content (AvgIpc) is 3.34. The van der Waals surface area contributed by atoms with Gasteiger partial charge < -0.3 is 15.1 Å². The van der Waals surface area contributed by atoms with E-state index in [2.05, 4.69) is 25.4 Å². The SMILES string of the molecule is O=C(CCN1CCN(c2nnc(C(F)(F)F)s2)CC1)N1CCC(Nc2ccnc(C(F)(F)F)c2)CC1. The number of nitrogens with zero attached hydrogens (tertiary/aromatic N) is 6. The summed E-state index contributed by atoms with van der Waals surface area (Å²) in [4.78, 5) is 21.6. The molecule has 8 nitrogen and oxygen atoms in total. The van der Waals surface area contributed by atoms with Crippen molar-refractivity contribution in [2.75, 3.05) is 56.0 Å². The molecule has 1 amide bonds. The molecule has 0 radical (unpaired) electrons. The lowest BCUT2D eigenvalue weighted by atomic mass is 10.0. The summed E-state index contributed by atoms with van der Waals surface area (Å²) in [7, 11) is 0. The summed E-state index contributed by atoms with van der Waals surface area (Å²) < 4.78 is 76.7. The quantitative estimate of drug-likeness (QED) is 0.565. The molecule has 0 aliphatic carbocycles. The largest absolute Gasteiger partial charge is 0.445 e. The van der Waals surface area contributed by atoms with E-state index >= 15 is 0 Å². The number of likely N-dealkylation sites (tertiary alicyclic amines) is 1. The smallest absolute Gasteiger partial charge is 0.382 e. The lowest BCUT2D eigenvalue weighted by molar-refractivity contribution is -0.141. The number of alkyl halides is 6. The molecule has 0 unspecified atom stereocenters. The molecule has 36 heavy (non-hydrogen) atoms. The highest BCUT2D eigenvalue weighted by molar-refractivity contribution is 7.15. The molecule has 2 fully saturated rings. The first-order valence-electron chi connectivity index (χ1n) is 11.4. The van der Waals surface area contributed by atoms with Crippen molar-refractivity contribution in [3.8, 4) is 0 Å². The molecule has 2 saturated heterocycles. The van der Waals surface area contributed by atoms with E-state index in [-0.39, 0.29) is 17.1 Å². The third kappa shape index (κ3) is 6.75. The van der Waals surface area contributed by atoms with Gasteiger partial charge in [-0.1, -0.05) is 11.3 Å². The van der Waals surface area contributed by atoms with Crippen LogP contribution in [0.1, 0.15) is 30.0 Å². The normalized spacial score (nSPS) is 18.5. The number of piperazine rings is 1. The molecule has 0 saturated carbocycles. The van der Waals surface area contributed by atoms with Gasteiger partial charge in [0, 0.05) is 70.2 Å². The number of carbonyl (C=O) groups is 1. The van der Waals surface area contributed by atoms with Crippen LogP contribution in [0, 0.1) is 0 Å². The highest BCUT2D eigenvalue weighted by Gasteiger charge is 2.36. The van der Waals surface area contributed by atoms with E-state index in [1.807, 2.05) is 0 Å². The molecule has 198 valence electrons. The van der Waals surface area contributed by atoms with Gasteiger partial charge in [0.25, 0.3) is 0 Å². The van der Waals surface area contributed by atoms with Crippen molar-refractivity contribution >= 4 is 28.1 Å². The Morgan fingerprint density at radius 3 is 2.31 bits per heavy atom. The topological polar surface area (TPSA) is 77.5 Å². The molecule has 2 aliphatic heterocycles. The fraction of sp³-hybridized carbons (Fsp3) is 0.619. The minimum Gasteiger partial charge on any atom is -0.382 e. The van der Waals surface area contributed by atoms with E-state index in [9.17, 15) is 31.1 Å². The maximum Gasteiger partial charge on any atom is 0.445 e. The molecule has 2 aliphatic rings. The number of pyridine rings is 1. The molecule has 0 bridgehead atoms. The zero-order chi connectivity index (χ0) is 25.9. The van der Waals surface area contributed by atoms with Crippen molar-refractivity contribution in [2.24, 2.45) is 0 Å². The second-order valence-corrected chi connectivity index (χ2v) is 9.65. The summed E-state index contributed by atoms with van der Waals surface area (Å²) in [6.45, 7) is 3.79. The Labute approximate surface area is 207 Å². The van der Waals surface area contributed by atoms with E-state index in [1.54, 1.807) is 9.80 Å². The number of hydrogen-bond acceptors (Lipinski definition) is 8. The molecule has 0 atom stereocenters. The summed E-state index contributed by atoms with van der Waals surface area (Å²) >= 11 is 0.528. The Hall–Kier alpha value is -2.68. The van der Waals surface area contributed by atoms with Crippen LogP contribution in [-0.4, -0.2) is 82.7 Å². The van der Waals surface area contributed by atoms with Crippen LogP contribution in [0.2, 0.25) is 0 Å².